The van der Waals surface area contributed by atoms with Crippen LogP contribution in [0.2, 0.25) is 0 Å². The van der Waals surface area contributed by atoms with Gasteiger partial charge in [-0.1, -0.05) is 30.3 Å². The number of rotatable bonds is 7. The molecule has 6 nitrogen and oxygen atoms in total. The second-order valence-corrected chi connectivity index (χ2v) is 6.88. The summed E-state index contributed by atoms with van der Waals surface area (Å²) in [5.41, 5.74) is 0.300. The lowest BCUT2D eigenvalue weighted by Crippen LogP contribution is -2.39. The molecule has 3 aromatic rings. The van der Waals surface area contributed by atoms with E-state index in [4.69, 9.17) is 9.84 Å². The number of aliphatic hydroxyl groups is 1. The summed E-state index contributed by atoms with van der Waals surface area (Å²) >= 11 is 0. The molecule has 1 N–H and O–H groups in total. The molecule has 0 saturated carbocycles. The molecule has 0 spiro atoms. The van der Waals surface area contributed by atoms with Crippen molar-refractivity contribution in [3.63, 3.8) is 0 Å². The fourth-order valence-corrected chi connectivity index (χ4v) is 3.33. The Hall–Kier alpha value is -3.00. The van der Waals surface area contributed by atoms with Gasteiger partial charge in [-0.25, -0.2) is 4.79 Å². The number of nitrogens with zero attached hydrogens (tertiary/aromatic N) is 2. The minimum absolute atomic E-state index is 0.0255. The van der Waals surface area contributed by atoms with E-state index < -0.39 is 17.4 Å². The van der Waals surface area contributed by atoms with Crippen LogP contribution in [0.25, 0.3) is 10.9 Å². The maximum absolute atomic E-state index is 13.6. The van der Waals surface area contributed by atoms with Crippen LogP contribution in [0.3, 0.4) is 0 Å². The fraction of sp³-hybridized carbons (Fsp3) is 0.333. The van der Waals surface area contributed by atoms with Crippen LogP contribution in [-0.2, 0) is 20.0 Å². The molecule has 0 amide bonds. The number of fused-ring (bicyclic) bond motifs is 1. The van der Waals surface area contributed by atoms with Gasteiger partial charge in [0.15, 0.2) is 0 Å². The molecule has 0 aliphatic carbocycles. The Morgan fingerprint density at radius 2 is 1.79 bits per heavy atom. The zero-order chi connectivity index (χ0) is 21.2. The summed E-state index contributed by atoms with van der Waals surface area (Å²) in [5.74, 6) is -0.113. The summed E-state index contributed by atoms with van der Waals surface area (Å²) in [6.07, 6.45) is -3.04. The number of ether oxygens (including phenoxy) is 1. The largest absolute Gasteiger partial charge is 0.432 e. The first-order chi connectivity index (χ1) is 13.7. The lowest BCUT2D eigenvalue weighted by molar-refractivity contribution is -0.159. The topological polar surface area (TPSA) is 73.5 Å². The van der Waals surface area contributed by atoms with Gasteiger partial charge < -0.3 is 9.84 Å². The summed E-state index contributed by atoms with van der Waals surface area (Å²) in [5, 5.41) is 9.23. The first-order valence-corrected chi connectivity index (χ1v) is 9.20. The maximum Gasteiger partial charge on any atom is 0.394 e. The van der Waals surface area contributed by atoms with Gasteiger partial charge in [-0.15, -0.1) is 0 Å². The Morgan fingerprint density at radius 1 is 1.10 bits per heavy atom. The van der Waals surface area contributed by atoms with Crippen LogP contribution in [0.15, 0.2) is 52.1 Å². The van der Waals surface area contributed by atoms with E-state index >= 15 is 0 Å². The zero-order valence-corrected chi connectivity index (χ0v) is 16.2. The summed E-state index contributed by atoms with van der Waals surface area (Å²) < 4.78 is 34.4. The molecule has 0 bridgehead atoms. The number of alkyl halides is 2. The number of aromatic nitrogens is 2. The molecule has 0 aliphatic rings. The van der Waals surface area contributed by atoms with E-state index in [2.05, 4.69) is 0 Å². The molecule has 0 fully saturated rings. The molecule has 3 rings (SSSR count). The predicted molar refractivity (Wildman–Crippen MR) is 106 cm³/mol. The standard InChI is InChI=1S/C21H22F2N2O4/c1-21(22,23)29-17-10-9-16-18(15(17)13-14-7-4-3-5-8-14)19(27)25(11-6-12-26)20(28)24(16)2/h3-5,7-10,26H,6,11-13H2,1-2H3. The van der Waals surface area contributed by atoms with Gasteiger partial charge in [0.05, 0.1) is 10.9 Å². The highest BCUT2D eigenvalue weighted by molar-refractivity contribution is 5.84. The maximum atomic E-state index is 13.6. The van der Waals surface area contributed by atoms with Gasteiger partial charge in [0, 0.05) is 39.1 Å². The molecule has 0 atom stereocenters. The Kier molecular flexibility index (Phi) is 5.83. The van der Waals surface area contributed by atoms with Crippen molar-refractivity contribution in [1.29, 1.82) is 0 Å². The van der Waals surface area contributed by atoms with Crippen molar-refractivity contribution in [2.24, 2.45) is 7.05 Å². The van der Waals surface area contributed by atoms with Gasteiger partial charge in [-0.2, -0.15) is 8.78 Å². The number of benzene rings is 2. The highest BCUT2D eigenvalue weighted by Crippen LogP contribution is 2.31. The van der Waals surface area contributed by atoms with Gasteiger partial charge in [-0.3, -0.25) is 13.9 Å². The molecule has 0 radical (unpaired) electrons. The third-order valence-electron chi connectivity index (χ3n) is 4.64. The van der Waals surface area contributed by atoms with Gasteiger partial charge in [0.2, 0.25) is 0 Å². The molecular weight excluding hydrogens is 382 g/mol. The van der Waals surface area contributed by atoms with Gasteiger partial charge in [-0.05, 0) is 24.1 Å². The Bertz CT molecular complexity index is 1130. The van der Waals surface area contributed by atoms with E-state index in [0.29, 0.717) is 12.4 Å². The van der Waals surface area contributed by atoms with E-state index in [1.54, 1.807) is 0 Å². The number of halogens is 2. The lowest BCUT2D eigenvalue weighted by atomic mass is 10.00. The van der Waals surface area contributed by atoms with Crippen molar-refractivity contribution in [3.05, 3.63) is 74.4 Å². The molecule has 29 heavy (non-hydrogen) atoms. The summed E-state index contributed by atoms with van der Waals surface area (Å²) in [4.78, 5) is 25.7. The zero-order valence-electron chi connectivity index (χ0n) is 16.2. The number of hydrogen-bond donors (Lipinski definition) is 1. The van der Waals surface area contributed by atoms with Crippen molar-refractivity contribution in [2.75, 3.05) is 6.61 Å². The molecule has 1 aromatic heterocycles. The number of aliphatic hydroxyl groups excluding tert-OH is 1. The van der Waals surface area contributed by atoms with E-state index in [1.165, 1.54) is 23.7 Å². The van der Waals surface area contributed by atoms with E-state index in [9.17, 15) is 18.4 Å². The van der Waals surface area contributed by atoms with Gasteiger partial charge in [0.1, 0.15) is 5.75 Å². The average Bonchev–Trinajstić information content (AvgIpc) is 2.67. The Morgan fingerprint density at radius 3 is 2.41 bits per heavy atom. The lowest BCUT2D eigenvalue weighted by Gasteiger charge is -2.19. The summed E-state index contributed by atoms with van der Waals surface area (Å²) in [6.45, 7) is 0.469. The fourth-order valence-electron chi connectivity index (χ4n) is 3.33. The minimum atomic E-state index is -3.43. The van der Waals surface area contributed by atoms with Gasteiger partial charge in [0.25, 0.3) is 5.56 Å². The first-order valence-electron chi connectivity index (χ1n) is 9.20. The first kappa shape index (κ1) is 20.7. The van der Waals surface area contributed by atoms with E-state index in [1.807, 2.05) is 30.3 Å². The van der Waals surface area contributed by atoms with Crippen LogP contribution in [0.4, 0.5) is 8.78 Å². The highest BCUT2D eigenvalue weighted by Gasteiger charge is 2.27. The van der Waals surface area contributed by atoms with Crippen molar-refractivity contribution < 1.29 is 18.6 Å². The number of hydrogen-bond acceptors (Lipinski definition) is 4. The van der Waals surface area contributed by atoms with Crippen LogP contribution >= 0.6 is 0 Å². The quantitative estimate of drug-likeness (QED) is 0.657. The molecule has 0 aliphatic heterocycles. The SMILES string of the molecule is Cn1c(=O)n(CCCO)c(=O)c2c(Cc3ccccc3)c(OC(C)(F)F)ccc21. The molecule has 1 heterocycles. The Labute approximate surface area is 165 Å². The second kappa shape index (κ2) is 8.16. The molecular formula is C21H22F2N2O4. The molecule has 2 aromatic carbocycles. The monoisotopic (exact) mass is 404 g/mol. The van der Waals surface area contributed by atoms with Crippen LogP contribution in [0, 0.1) is 0 Å². The smallest absolute Gasteiger partial charge is 0.394 e. The van der Waals surface area contributed by atoms with Crippen molar-refractivity contribution in [1.82, 2.24) is 9.13 Å². The third kappa shape index (κ3) is 4.37. The van der Waals surface area contributed by atoms with Crippen LogP contribution in [0.5, 0.6) is 5.75 Å². The van der Waals surface area contributed by atoms with Crippen molar-refractivity contribution in [2.45, 2.75) is 32.4 Å². The van der Waals surface area contributed by atoms with Crippen molar-refractivity contribution in [3.8, 4) is 5.75 Å². The predicted octanol–water partition coefficient (Wildman–Crippen LogP) is 2.66. The number of aryl methyl sites for hydroxylation is 1. The molecule has 0 saturated heterocycles. The van der Waals surface area contributed by atoms with Crippen LogP contribution < -0.4 is 16.0 Å². The van der Waals surface area contributed by atoms with Gasteiger partial charge >= 0.3 is 11.8 Å². The normalized spacial score (nSPS) is 11.8. The molecule has 8 heteroatoms. The van der Waals surface area contributed by atoms with Crippen molar-refractivity contribution >= 4 is 10.9 Å². The molecule has 154 valence electrons. The average molecular weight is 404 g/mol. The van der Waals surface area contributed by atoms with E-state index in [-0.39, 0.29) is 42.7 Å². The van der Waals surface area contributed by atoms with Crippen LogP contribution in [0.1, 0.15) is 24.5 Å². The second-order valence-electron chi connectivity index (χ2n) is 6.88. The minimum Gasteiger partial charge on any atom is -0.432 e. The van der Waals surface area contributed by atoms with E-state index in [0.717, 1.165) is 10.1 Å². The highest BCUT2D eigenvalue weighted by atomic mass is 19.3. The van der Waals surface area contributed by atoms with Crippen LogP contribution in [-0.4, -0.2) is 27.0 Å². The third-order valence-corrected chi connectivity index (χ3v) is 4.64. The summed E-state index contributed by atoms with van der Waals surface area (Å²) in [7, 11) is 1.51. The Balaban J connectivity index is 2.33. The summed E-state index contributed by atoms with van der Waals surface area (Å²) in [6, 6.07) is 11.9. The molecule has 0 unspecified atom stereocenters.